The zero-order chi connectivity index (χ0) is 14.3. The van der Waals surface area contributed by atoms with Gasteiger partial charge < -0.3 is 4.90 Å². The van der Waals surface area contributed by atoms with Crippen LogP contribution in [0.4, 0.5) is 0 Å². The van der Waals surface area contributed by atoms with Gasteiger partial charge in [0.05, 0.1) is 0 Å². The van der Waals surface area contributed by atoms with Crippen molar-refractivity contribution in [3.05, 3.63) is 34.9 Å². The van der Waals surface area contributed by atoms with Crippen molar-refractivity contribution < 1.29 is 4.79 Å². The monoisotopic (exact) mass is 271 g/mol. The molecule has 20 heavy (non-hydrogen) atoms. The molecular formula is C18H25NO. The molecule has 0 unspecified atom stereocenters. The summed E-state index contributed by atoms with van der Waals surface area (Å²) < 4.78 is 0. The molecule has 1 fully saturated rings. The minimum Gasteiger partial charge on any atom is -0.303 e. The third-order valence-electron chi connectivity index (χ3n) is 5.09. The summed E-state index contributed by atoms with van der Waals surface area (Å²) in [5, 5.41) is 0. The standard InChI is InChI=1S/C18H25NO/c1-13(2)12-19-9-7-18(8-10-19)11-16-14(3)5-4-6-15(16)17(18)20/h4-6,13H,7-12H2,1-3H3. The molecule has 0 bridgehead atoms. The maximum Gasteiger partial charge on any atom is 0.169 e. The number of likely N-dealkylation sites (tertiary alicyclic amines) is 1. The van der Waals surface area contributed by atoms with Gasteiger partial charge in [0.2, 0.25) is 0 Å². The number of rotatable bonds is 2. The first-order chi connectivity index (χ1) is 9.52. The molecule has 1 spiro atoms. The Labute approximate surface area is 122 Å². The normalized spacial score (nSPS) is 21.7. The van der Waals surface area contributed by atoms with E-state index in [4.69, 9.17) is 0 Å². The molecule has 0 amide bonds. The predicted molar refractivity (Wildman–Crippen MR) is 82.2 cm³/mol. The predicted octanol–water partition coefficient (Wildman–Crippen LogP) is 3.47. The molecule has 1 aromatic carbocycles. The van der Waals surface area contributed by atoms with Crippen molar-refractivity contribution in [2.75, 3.05) is 19.6 Å². The number of hydrogen-bond donors (Lipinski definition) is 0. The Hall–Kier alpha value is -1.15. The maximum atomic E-state index is 12.8. The first-order valence-electron chi connectivity index (χ1n) is 7.87. The average Bonchev–Trinajstić information content (AvgIpc) is 2.68. The van der Waals surface area contributed by atoms with Gasteiger partial charge in [-0.05, 0) is 56.3 Å². The van der Waals surface area contributed by atoms with Crippen LogP contribution < -0.4 is 0 Å². The number of benzene rings is 1. The summed E-state index contributed by atoms with van der Waals surface area (Å²) in [6, 6.07) is 6.19. The highest BCUT2D eigenvalue weighted by Crippen LogP contribution is 2.45. The highest BCUT2D eigenvalue weighted by atomic mass is 16.1. The minimum absolute atomic E-state index is 0.0814. The van der Waals surface area contributed by atoms with Crippen molar-refractivity contribution in [1.29, 1.82) is 0 Å². The van der Waals surface area contributed by atoms with Crippen LogP contribution in [0, 0.1) is 18.3 Å². The van der Waals surface area contributed by atoms with E-state index in [2.05, 4.69) is 31.7 Å². The number of fused-ring (bicyclic) bond motifs is 1. The Bertz CT molecular complexity index is 524. The van der Waals surface area contributed by atoms with E-state index in [1.807, 2.05) is 12.1 Å². The Morgan fingerprint density at radius 1 is 1.25 bits per heavy atom. The van der Waals surface area contributed by atoms with Crippen LogP contribution in [-0.4, -0.2) is 30.3 Å². The van der Waals surface area contributed by atoms with E-state index in [0.717, 1.165) is 44.5 Å². The van der Waals surface area contributed by atoms with E-state index in [9.17, 15) is 4.79 Å². The van der Waals surface area contributed by atoms with Gasteiger partial charge in [-0.3, -0.25) is 4.79 Å². The fourth-order valence-electron chi connectivity index (χ4n) is 3.94. The van der Waals surface area contributed by atoms with Gasteiger partial charge >= 0.3 is 0 Å². The van der Waals surface area contributed by atoms with Crippen LogP contribution in [0.3, 0.4) is 0 Å². The number of carbonyl (C=O) groups excluding carboxylic acids is 1. The van der Waals surface area contributed by atoms with E-state index in [0.29, 0.717) is 11.7 Å². The Balaban J connectivity index is 1.78. The van der Waals surface area contributed by atoms with Crippen molar-refractivity contribution in [3.63, 3.8) is 0 Å². The van der Waals surface area contributed by atoms with E-state index in [1.165, 1.54) is 11.1 Å². The van der Waals surface area contributed by atoms with Crippen LogP contribution in [0.15, 0.2) is 18.2 Å². The topological polar surface area (TPSA) is 20.3 Å². The second-order valence-electron chi connectivity index (χ2n) is 7.08. The van der Waals surface area contributed by atoms with Crippen LogP contribution in [-0.2, 0) is 6.42 Å². The van der Waals surface area contributed by atoms with E-state index < -0.39 is 0 Å². The van der Waals surface area contributed by atoms with Gasteiger partial charge in [0.1, 0.15) is 0 Å². The van der Waals surface area contributed by atoms with Crippen molar-refractivity contribution >= 4 is 5.78 Å². The zero-order valence-corrected chi connectivity index (χ0v) is 12.9. The number of nitrogens with zero attached hydrogens (tertiary/aromatic N) is 1. The molecule has 108 valence electrons. The summed E-state index contributed by atoms with van der Waals surface area (Å²) in [6.45, 7) is 10.00. The summed E-state index contributed by atoms with van der Waals surface area (Å²) in [4.78, 5) is 15.4. The molecule has 2 heteroatoms. The molecule has 0 atom stereocenters. The highest BCUT2D eigenvalue weighted by molar-refractivity contribution is 6.05. The van der Waals surface area contributed by atoms with Gasteiger partial charge in [-0.1, -0.05) is 32.0 Å². The molecule has 1 heterocycles. The minimum atomic E-state index is -0.0814. The molecule has 3 rings (SSSR count). The largest absolute Gasteiger partial charge is 0.303 e. The van der Waals surface area contributed by atoms with E-state index >= 15 is 0 Å². The lowest BCUT2D eigenvalue weighted by atomic mass is 9.75. The van der Waals surface area contributed by atoms with Crippen molar-refractivity contribution in [3.8, 4) is 0 Å². The number of hydrogen-bond acceptors (Lipinski definition) is 2. The van der Waals surface area contributed by atoms with E-state index in [-0.39, 0.29) is 5.41 Å². The molecule has 1 aliphatic carbocycles. The molecule has 2 nitrogen and oxygen atoms in total. The summed E-state index contributed by atoms with van der Waals surface area (Å²) in [5.74, 6) is 1.13. The van der Waals surface area contributed by atoms with Gasteiger partial charge in [0.25, 0.3) is 0 Å². The smallest absolute Gasteiger partial charge is 0.169 e. The lowest BCUT2D eigenvalue weighted by Crippen LogP contribution is -2.44. The van der Waals surface area contributed by atoms with Crippen molar-refractivity contribution in [2.24, 2.45) is 11.3 Å². The molecule has 1 aromatic rings. The zero-order valence-electron chi connectivity index (χ0n) is 12.9. The number of carbonyl (C=O) groups is 1. The Morgan fingerprint density at radius 3 is 2.55 bits per heavy atom. The summed E-state index contributed by atoms with van der Waals surface area (Å²) >= 11 is 0. The number of aryl methyl sites for hydroxylation is 1. The lowest BCUT2D eigenvalue weighted by molar-refractivity contribution is 0.0617. The van der Waals surface area contributed by atoms with Crippen molar-refractivity contribution in [1.82, 2.24) is 4.90 Å². The molecule has 1 aliphatic heterocycles. The van der Waals surface area contributed by atoms with E-state index in [1.54, 1.807) is 0 Å². The molecule has 0 N–H and O–H groups in total. The summed E-state index contributed by atoms with van der Waals surface area (Å²) in [6.07, 6.45) is 3.04. The van der Waals surface area contributed by atoms with Gasteiger partial charge in [-0.25, -0.2) is 0 Å². The third-order valence-corrected chi connectivity index (χ3v) is 5.09. The first kappa shape index (κ1) is 13.8. The van der Waals surface area contributed by atoms with Crippen LogP contribution >= 0.6 is 0 Å². The van der Waals surface area contributed by atoms with Crippen LogP contribution in [0.5, 0.6) is 0 Å². The summed E-state index contributed by atoms with van der Waals surface area (Å²) in [7, 11) is 0. The van der Waals surface area contributed by atoms with Gasteiger partial charge in [-0.2, -0.15) is 0 Å². The highest BCUT2D eigenvalue weighted by Gasteiger charge is 2.47. The van der Waals surface area contributed by atoms with Crippen molar-refractivity contribution in [2.45, 2.75) is 40.0 Å². The fraction of sp³-hybridized carbons (Fsp3) is 0.611. The molecule has 2 aliphatic rings. The van der Waals surface area contributed by atoms with Gasteiger partial charge in [-0.15, -0.1) is 0 Å². The van der Waals surface area contributed by atoms with Crippen LogP contribution in [0.2, 0.25) is 0 Å². The molecule has 0 aromatic heterocycles. The number of piperidine rings is 1. The molecular weight excluding hydrogens is 246 g/mol. The lowest BCUT2D eigenvalue weighted by Gasteiger charge is -2.38. The SMILES string of the molecule is Cc1cccc2c1CC1(CCN(CC(C)C)CC1)C2=O. The maximum absolute atomic E-state index is 12.8. The van der Waals surface area contributed by atoms with Gasteiger partial charge in [0.15, 0.2) is 5.78 Å². The quantitative estimate of drug-likeness (QED) is 0.821. The Kier molecular flexibility index (Phi) is 3.45. The summed E-state index contributed by atoms with van der Waals surface area (Å²) in [5.41, 5.74) is 3.52. The average molecular weight is 271 g/mol. The first-order valence-corrected chi connectivity index (χ1v) is 7.87. The number of Topliss-reactive ketones (excluding diaryl/α,β-unsaturated/α-hetero) is 1. The second kappa shape index (κ2) is 5.00. The van der Waals surface area contributed by atoms with Crippen LogP contribution in [0.1, 0.15) is 48.2 Å². The fourth-order valence-corrected chi connectivity index (χ4v) is 3.94. The third kappa shape index (κ3) is 2.20. The Morgan fingerprint density at radius 2 is 1.95 bits per heavy atom. The van der Waals surface area contributed by atoms with Gasteiger partial charge in [0, 0.05) is 17.5 Å². The van der Waals surface area contributed by atoms with Crippen LogP contribution in [0.25, 0.3) is 0 Å². The molecule has 1 saturated heterocycles. The molecule has 0 radical (unpaired) electrons. The number of ketones is 1. The molecule has 0 saturated carbocycles. The second-order valence-corrected chi connectivity index (χ2v) is 7.08.